The lowest BCUT2D eigenvalue weighted by Gasteiger charge is -2.07. The second-order valence-corrected chi connectivity index (χ2v) is 4.89. The minimum atomic E-state index is -0.546. The van der Waals surface area contributed by atoms with Gasteiger partial charge in [-0.05, 0) is 48.0 Å². The number of benzene rings is 2. The molecule has 0 spiro atoms. The van der Waals surface area contributed by atoms with Gasteiger partial charge in [0.2, 0.25) is 0 Å². The maximum absolute atomic E-state index is 12.7. The Morgan fingerprint density at radius 1 is 1.00 bits per heavy atom. The number of halogens is 1. The zero-order valence-corrected chi connectivity index (χ0v) is 13.5. The first-order valence-corrected chi connectivity index (χ1v) is 7.36. The van der Waals surface area contributed by atoms with Crippen LogP contribution in [-0.2, 0) is 9.59 Å². The van der Waals surface area contributed by atoms with E-state index in [4.69, 9.17) is 9.47 Å². The predicted molar refractivity (Wildman–Crippen MR) is 90.2 cm³/mol. The Morgan fingerprint density at radius 2 is 1.64 bits per heavy atom. The Balaban J connectivity index is 1.72. The van der Waals surface area contributed by atoms with Gasteiger partial charge >= 0.3 is 0 Å². The number of methoxy groups -OCH3 is 1. The number of ether oxygens (including phenoxy) is 2. The molecule has 0 aliphatic rings. The van der Waals surface area contributed by atoms with Crippen molar-refractivity contribution in [3.05, 3.63) is 66.0 Å². The van der Waals surface area contributed by atoms with Crippen LogP contribution >= 0.6 is 0 Å². The number of hydrogen-bond acceptors (Lipinski definition) is 4. The molecule has 7 heteroatoms. The van der Waals surface area contributed by atoms with Crippen LogP contribution in [-0.4, -0.2) is 25.5 Å². The molecule has 25 heavy (non-hydrogen) atoms. The number of carbonyl (C=O) groups excluding carboxylic acids is 2. The SMILES string of the molecule is COc1ccc(/C=C/C(=O)NNC(=O)COc2ccc(F)cc2)cc1. The lowest BCUT2D eigenvalue weighted by atomic mass is 10.2. The van der Waals surface area contributed by atoms with E-state index in [0.29, 0.717) is 5.75 Å². The van der Waals surface area contributed by atoms with Crippen LogP contribution in [0.15, 0.2) is 54.6 Å². The average molecular weight is 344 g/mol. The van der Waals surface area contributed by atoms with Crippen molar-refractivity contribution in [1.29, 1.82) is 0 Å². The van der Waals surface area contributed by atoms with E-state index in [2.05, 4.69) is 10.9 Å². The molecule has 2 rings (SSSR count). The van der Waals surface area contributed by atoms with Crippen LogP contribution < -0.4 is 20.3 Å². The van der Waals surface area contributed by atoms with Crippen LogP contribution in [0.4, 0.5) is 4.39 Å². The molecular formula is C18H17FN2O4. The predicted octanol–water partition coefficient (Wildman–Crippen LogP) is 2.07. The lowest BCUT2D eigenvalue weighted by Crippen LogP contribution is -2.43. The Kier molecular flexibility index (Phi) is 6.53. The van der Waals surface area contributed by atoms with Crippen molar-refractivity contribution < 1.29 is 23.5 Å². The van der Waals surface area contributed by atoms with Gasteiger partial charge in [-0.15, -0.1) is 0 Å². The standard InChI is InChI=1S/C18H17FN2O4/c1-24-15-7-2-13(3-8-15)4-11-17(22)20-21-18(23)12-25-16-9-5-14(19)6-10-16/h2-11H,12H2,1H3,(H,20,22)(H,21,23)/b11-4+. The highest BCUT2D eigenvalue weighted by atomic mass is 19.1. The van der Waals surface area contributed by atoms with E-state index in [0.717, 1.165) is 11.3 Å². The summed E-state index contributed by atoms with van der Waals surface area (Å²) < 4.78 is 22.9. The van der Waals surface area contributed by atoms with Crippen LogP contribution in [0.5, 0.6) is 11.5 Å². The van der Waals surface area contributed by atoms with Gasteiger partial charge in [-0.3, -0.25) is 20.4 Å². The summed E-state index contributed by atoms with van der Waals surface area (Å²) in [5, 5.41) is 0. The molecule has 6 nitrogen and oxygen atoms in total. The Hall–Kier alpha value is -3.35. The molecule has 0 aromatic heterocycles. The molecule has 2 N–H and O–H groups in total. The minimum Gasteiger partial charge on any atom is -0.497 e. The van der Waals surface area contributed by atoms with Crippen LogP contribution in [0.1, 0.15) is 5.56 Å². The van der Waals surface area contributed by atoms with Crippen molar-refractivity contribution in [2.45, 2.75) is 0 Å². The van der Waals surface area contributed by atoms with Gasteiger partial charge in [0.15, 0.2) is 6.61 Å². The topological polar surface area (TPSA) is 76.7 Å². The van der Waals surface area contributed by atoms with Gasteiger partial charge in [-0.2, -0.15) is 0 Å². The Morgan fingerprint density at radius 3 is 2.28 bits per heavy atom. The van der Waals surface area contributed by atoms with Crippen LogP contribution in [0, 0.1) is 5.82 Å². The third-order valence-corrected chi connectivity index (χ3v) is 3.05. The molecule has 0 saturated heterocycles. The average Bonchev–Trinajstić information content (AvgIpc) is 2.64. The molecule has 0 radical (unpaired) electrons. The number of amides is 2. The molecule has 0 atom stereocenters. The third kappa shape index (κ3) is 6.34. The lowest BCUT2D eigenvalue weighted by molar-refractivity contribution is -0.128. The second-order valence-electron chi connectivity index (χ2n) is 4.89. The zero-order chi connectivity index (χ0) is 18.1. The van der Waals surface area contributed by atoms with E-state index in [-0.39, 0.29) is 6.61 Å². The van der Waals surface area contributed by atoms with Crippen molar-refractivity contribution in [2.24, 2.45) is 0 Å². The molecule has 0 saturated carbocycles. The van der Waals surface area contributed by atoms with Crippen molar-refractivity contribution in [3.63, 3.8) is 0 Å². The molecule has 2 amide bonds. The van der Waals surface area contributed by atoms with E-state index in [9.17, 15) is 14.0 Å². The third-order valence-electron chi connectivity index (χ3n) is 3.05. The summed E-state index contributed by atoms with van der Waals surface area (Å²) >= 11 is 0. The first kappa shape index (κ1) is 18.0. The van der Waals surface area contributed by atoms with Gasteiger partial charge in [0.05, 0.1) is 7.11 Å². The van der Waals surface area contributed by atoms with Gasteiger partial charge < -0.3 is 9.47 Å². The maximum Gasteiger partial charge on any atom is 0.276 e. The monoisotopic (exact) mass is 344 g/mol. The molecule has 2 aromatic rings. The minimum absolute atomic E-state index is 0.311. The van der Waals surface area contributed by atoms with Crippen molar-refractivity contribution in [3.8, 4) is 11.5 Å². The van der Waals surface area contributed by atoms with Gasteiger partial charge in [0, 0.05) is 6.08 Å². The number of carbonyl (C=O) groups is 2. The van der Waals surface area contributed by atoms with Crippen LogP contribution in [0.3, 0.4) is 0 Å². The fourth-order valence-corrected chi connectivity index (χ4v) is 1.78. The van der Waals surface area contributed by atoms with Gasteiger partial charge in [-0.25, -0.2) is 4.39 Å². The second kappa shape index (κ2) is 9.07. The van der Waals surface area contributed by atoms with Gasteiger partial charge in [0.1, 0.15) is 17.3 Å². The number of nitrogens with one attached hydrogen (secondary N) is 2. The zero-order valence-electron chi connectivity index (χ0n) is 13.5. The smallest absolute Gasteiger partial charge is 0.276 e. The molecule has 0 bridgehead atoms. The van der Waals surface area contributed by atoms with Gasteiger partial charge in [-0.1, -0.05) is 12.1 Å². The number of hydrogen-bond donors (Lipinski definition) is 2. The number of hydrazine groups is 1. The molecule has 0 aliphatic carbocycles. The van der Waals surface area contributed by atoms with E-state index in [1.807, 2.05) is 0 Å². The molecule has 2 aromatic carbocycles. The summed E-state index contributed by atoms with van der Waals surface area (Å²) in [5.74, 6) is -0.369. The largest absolute Gasteiger partial charge is 0.497 e. The van der Waals surface area contributed by atoms with E-state index >= 15 is 0 Å². The Bertz CT molecular complexity index is 743. The highest BCUT2D eigenvalue weighted by molar-refractivity contribution is 5.93. The summed E-state index contributed by atoms with van der Waals surface area (Å²) in [4.78, 5) is 23.2. The van der Waals surface area contributed by atoms with Crippen LogP contribution in [0.25, 0.3) is 6.08 Å². The van der Waals surface area contributed by atoms with Crippen LogP contribution in [0.2, 0.25) is 0 Å². The molecule has 0 unspecified atom stereocenters. The summed E-state index contributed by atoms with van der Waals surface area (Å²) in [5.41, 5.74) is 5.25. The molecule has 0 aliphatic heterocycles. The van der Waals surface area contributed by atoms with E-state index < -0.39 is 17.6 Å². The molecule has 130 valence electrons. The highest BCUT2D eigenvalue weighted by Crippen LogP contribution is 2.12. The summed E-state index contributed by atoms with van der Waals surface area (Å²) in [6.07, 6.45) is 2.87. The van der Waals surface area contributed by atoms with E-state index in [1.165, 1.54) is 30.3 Å². The quantitative estimate of drug-likeness (QED) is 0.621. The Labute approximate surface area is 144 Å². The first-order chi connectivity index (χ1) is 12.1. The van der Waals surface area contributed by atoms with Crippen molar-refractivity contribution in [2.75, 3.05) is 13.7 Å². The van der Waals surface area contributed by atoms with Gasteiger partial charge in [0.25, 0.3) is 11.8 Å². The summed E-state index contributed by atoms with van der Waals surface area (Å²) in [7, 11) is 1.57. The first-order valence-electron chi connectivity index (χ1n) is 7.36. The molecular weight excluding hydrogens is 327 g/mol. The van der Waals surface area contributed by atoms with Crippen molar-refractivity contribution in [1.82, 2.24) is 10.9 Å². The fraction of sp³-hybridized carbons (Fsp3) is 0.111. The number of rotatable bonds is 6. The highest BCUT2D eigenvalue weighted by Gasteiger charge is 2.04. The summed E-state index contributed by atoms with van der Waals surface area (Å²) in [6, 6.07) is 12.4. The van der Waals surface area contributed by atoms with Crippen molar-refractivity contribution >= 4 is 17.9 Å². The molecule has 0 heterocycles. The van der Waals surface area contributed by atoms with E-state index in [1.54, 1.807) is 37.5 Å². The summed E-state index contributed by atoms with van der Waals surface area (Å²) in [6.45, 7) is -0.311. The fourth-order valence-electron chi connectivity index (χ4n) is 1.78. The normalized spacial score (nSPS) is 10.3. The molecule has 0 fully saturated rings. The maximum atomic E-state index is 12.7.